The van der Waals surface area contributed by atoms with Crippen LogP contribution in [0.4, 0.5) is 5.69 Å². The zero-order valence-corrected chi connectivity index (χ0v) is 15.4. The first-order valence-electron chi connectivity index (χ1n) is 9.32. The van der Waals surface area contributed by atoms with Gasteiger partial charge in [-0.2, -0.15) is 0 Å². The summed E-state index contributed by atoms with van der Waals surface area (Å²) in [5.74, 6) is 0.908. The number of aromatic nitrogens is 2. The molecule has 1 N–H and O–H groups in total. The SMILES string of the molecule is CN1CCN(c2cccc(-c3nc4cc(-c5ccoc5)ccc4[nH]3)c2)CC1. The highest BCUT2D eigenvalue weighted by atomic mass is 16.3. The molecule has 2 aromatic carbocycles. The fourth-order valence-corrected chi connectivity index (χ4v) is 3.67. The van der Waals surface area contributed by atoms with Gasteiger partial charge in [-0.25, -0.2) is 4.98 Å². The van der Waals surface area contributed by atoms with Gasteiger partial charge in [0.15, 0.2) is 0 Å². The monoisotopic (exact) mass is 358 g/mol. The summed E-state index contributed by atoms with van der Waals surface area (Å²) in [6.45, 7) is 4.33. The zero-order chi connectivity index (χ0) is 18.2. The summed E-state index contributed by atoms with van der Waals surface area (Å²) < 4.78 is 5.20. The lowest BCUT2D eigenvalue weighted by Gasteiger charge is -2.34. The molecule has 0 radical (unpaired) electrons. The number of anilines is 1. The van der Waals surface area contributed by atoms with Gasteiger partial charge in [0.2, 0.25) is 0 Å². The van der Waals surface area contributed by atoms with Crippen LogP contribution in [0, 0.1) is 0 Å². The van der Waals surface area contributed by atoms with E-state index < -0.39 is 0 Å². The molecule has 3 heterocycles. The second-order valence-electron chi connectivity index (χ2n) is 7.17. The predicted molar refractivity (Wildman–Crippen MR) is 109 cm³/mol. The Bertz CT molecular complexity index is 1060. The maximum Gasteiger partial charge on any atom is 0.138 e. The first-order chi connectivity index (χ1) is 13.3. The van der Waals surface area contributed by atoms with E-state index in [1.807, 2.05) is 6.07 Å². The van der Waals surface area contributed by atoms with Gasteiger partial charge in [-0.3, -0.25) is 0 Å². The van der Waals surface area contributed by atoms with E-state index in [4.69, 9.17) is 9.40 Å². The smallest absolute Gasteiger partial charge is 0.138 e. The summed E-state index contributed by atoms with van der Waals surface area (Å²) in [4.78, 5) is 13.1. The molecule has 0 aliphatic carbocycles. The van der Waals surface area contributed by atoms with Gasteiger partial charge in [0.05, 0.1) is 23.6 Å². The molecule has 0 atom stereocenters. The second kappa shape index (κ2) is 6.59. The molecule has 0 unspecified atom stereocenters. The van der Waals surface area contributed by atoms with Crippen LogP contribution in [0.3, 0.4) is 0 Å². The molecule has 27 heavy (non-hydrogen) atoms. The van der Waals surface area contributed by atoms with E-state index >= 15 is 0 Å². The third kappa shape index (κ3) is 3.11. The number of nitrogens with one attached hydrogen (secondary N) is 1. The minimum atomic E-state index is 0.908. The van der Waals surface area contributed by atoms with Gasteiger partial charge in [0, 0.05) is 43.0 Å². The van der Waals surface area contributed by atoms with Crippen LogP contribution in [0.25, 0.3) is 33.5 Å². The molecule has 4 aromatic rings. The van der Waals surface area contributed by atoms with Crippen molar-refractivity contribution in [2.45, 2.75) is 0 Å². The van der Waals surface area contributed by atoms with E-state index in [-0.39, 0.29) is 0 Å². The van der Waals surface area contributed by atoms with E-state index in [0.717, 1.165) is 59.7 Å². The Hall–Kier alpha value is -3.05. The van der Waals surface area contributed by atoms with Gasteiger partial charge in [-0.05, 0) is 42.9 Å². The van der Waals surface area contributed by atoms with Crippen molar-refractivity contribution in [1.29, 1.82) is 0 Å². The average molecular weight is 358 g/mol. The summed E-state index contributed by atoms with van der Waals surface area (Å²) >= 11 is 0. The normalized spacial score (nSPS) is 15.5. The molecular formula is C22H22N4O. The largest absolute Gasteiger partial charge is 0.472 e. The fourth-order valence-electron chi connectivity index (χ4n) is 3.67. The number of likely N-dealkylation sites (N-methyl/N-ethyl adjacent to an activating group) is 1. The Kier molecular flexibility index (Phi) is 3.94. The van der Waals surface area contributed by atoms with Crippen LogP contribution in [0.1, 0.15) is 0 Å². The molecule has 0 spiro atoms. The third-order valence-corrected chi connectivity index (χ3v) is 5.33. The summed E-state index contributed by atoms with van der Waals surface area (Å²) in [5.41, 5.74) is 6.57. The van der Waals surface area contributed by atoms with Gasteiger partial charge in [-0.15, -0.1) is 0 Å². The maximum atomic E-state index is 5.20. The number of hydrogen-bond acceptors (Lipinski definition) is 4. The van der Waals surface area contributed by atoms with Gasteiger partial charge >= 0.3 is 0 Å². The molecule has 1 fully saturated rings. The first-order valence-corrected chi connectivity index (χ1v) is 9.32. The molecular weight excluding hydrogens is 336 g/mol. The number of nitrogens with zero attached hydrogens (tertiary/aromatic N) is 3. The van der Waals surface area contributed by atoms with Crippen molar-refractivity contribution in [3.63, 3.8) is 0 Å². The molecule has 2 aromatic heterocycles. The van der Waals surface area contributed by atoms with E-state index in [9.17, 15) is 0 Å². The second-order valence-corrected chi connectivity index (χ2v) is 7.17. The van der Waals surface area contributed by atoms with Crippen molar-refractivity contribution >= 4 is 16.7 Å². The highest BCUT2D eigenvalue weighted by Crippen LogP contribution is 2.28. The minimum Gasteiger partial charge on any atom is -0.472 e. The molecule has 0 amide bonds. The van der Waals surface area contributed by atoms with Crippen LogP contribution < -0.4 is 4.90 Å². The zero-order valence-electron chi connectivity index (χ0n) is 15.4. The lowest BCUT2D eigenvalue weighted by atomic mass is 10.1. The van der Waals surface area contributed by atoms with Crippen LogP contribution in [-0.4, -0.2) is 48.1 Å². The number of furan rings is 1. The number of hydrogen-bond donors (Lipinski definition) is 1. The Morgan fingerprint density at radius 1 is 0.926 bits per heavy atom. The highest BCUT2D eigenvalue weighted by molar-refractivity contribution is 5.84. The number of aromatic amines is 1. The standard InChI is InChI=1S/C22H22N4O/c1-25-8-10-26(11-9-25)19-4-2-3-17(13-19)22-23-20-6-5-16(14-21(20)24-22)18-7-12-27-15-18/h2-7,12-15H,8-11H2,1H3,(H,23,24). The number of rotatable bonds is 3. The number of imidazole rings is 1. The van der Waals surface area contributed by atoms with Crippen molar-refractivity contribution in [1.82, 2.24) is 14.9 Å². The molecule has 5 heteroatoms. The molecule has 0 saturated carbocycles. The molecule has 136 valence electrons. The van der Waals surface area contributed by atoms with E-state index in [1.165, 1.54) is 5.69 Å². The molecule has 1 saturated heterocycles. The minimum absolute atomic E-state index is 0.908. The summed E-state index contributed by atoms with van der Waals surface area (Å²) in [5, 5.41) is 0. The van der Waals surface area contributed by atoms with Crippen molar-refractivity contribution in [3.05, 3.63) is 61.1 Å². The van der Waals surface area contributed by atoms with Gasteiger partial charge < -0.3 is 19.2 Å². The van der Waals surface area contributed by atoms with Crippen LogP contribution in [0.2, 0.25) is 0 Å². The van der Waals surface area contributed by atoms with Crippen LogP contribution in [0.5, 0.6) is 0 Å². The number of fused-ring (bicyclic) bond motifs is 1. The van der Waals surface area contributed by atoms with Crippen molar-refractivity contribution < 1.29 is 4.42 Å². The number of piperazine rings is 1. The van der Waals surface area contributed by atoms with Crippen molar-refractivity contribution in [2.24, 2.45) is 0 Å². The lowest BCUT2D eigenvalue weighted by molar-refractivity contribution is 0.313. The highest BCUT2D eigenvalue weighted by Gasteiger charge is 2.15. The molecule has 0 bridgehead atoms. The predicted octanol–water partition coefficient (Wildman–Crippen LogP) is 4.24. The van der Waals surface area contributed by atoms with Gasteiger partial charge in [0.1, 0.15) is 5.82 Å². The Labute approximate surface area is 158 Å². The molecule has 5 nitrogen and oxygen atoms in total. The number of benzene rings is 2. The van der Waals surface area contributed by atoms with Crippen LogP contribution in [0.15, 0.2) is 65.5 Å². The summed E-state index contributed by atoms with van der Waals surface area (Å²) in [6.07, 6.45) is 3.45. The summed E-state index contributed by atoms with van der Waals surface area (Å²) in [7, 11) is 2.18. The first kappa shape index (κ1) is 16.1. The van der Waals surface area contributed by atoms with Gasteiger partial charge in [-0.1, -0.05) is 18.2 Å². The molecule has 1 aliphatic rings. The number of H-pyrrole nitrogens is 1. The molecule has 1 aliphatic heterocycles. The Balaban J connectivity index is 1.47. The summed E-state index contributed by atoms with van der Waals surface area (Å²) in [6, 6.07) is 16.9. The van der Waals surface area contributed by atoms with E-state index in [1.54, 1.807) is 12.5 Å². The average Bonchev–Trinajstić information content (AvgIpc) is 3.38. The van der Waals surface area contributed by atoms with Crippen LogP contribution >= 0.6 is 0 Å². The van der Waals surface area contributed by atoms with Crippen LogP contribution in [-0.2, 0) is 0 Å². The lowest BCUT2D eigenvalue weighted by Crippen LogP contribution is -2.44. The Morgan fingerprint density at radius 2 is 1.81 bits per heavy atom. The van der Waals surface area contributed by atoms with Crippen molar-refractivity contribution in [2.75, 3.05) is 38.1 Å². The fraction of sp³-hybridized carbons (Fsp3) is 0.227. The van der Waals surface area contributed by atoms with Gasteiger partial charge in [0.25, 0.3) is 0 Å². The maximum absolute atomic E-state index is 5.20. The Morgan fingerprint density at radius 3 is 2.63 bits per heavy atom. The quantitative estimate of drug-likeness (QED) is 0.595. The van der Waals surface area contributed by atoms with Crippen molar-refractivity contribution in [3.8, 4) is 22.5 Å². The third-order valence-electron chi connectivity index (χ3n) is 5.33. The van der Waals surface area contributed by atoms with E-state index in [2.05, 4.69) is 64.3 Å². The van der Waals surface area contributed by atoms with E-state index in [0.29, 0.717) is 0 Å². The molecule has 5 rings (SSSR count). The topological polar surface area (TPSA) is 48.3 Å².